The number of aromatic nitrogens is 3. The molecule has 0 aliphatic carbocycles. The fraction of sp³-hybridized carbons (Fsp3) is 0.312. The first-order valence-corrected chi connectivity index (χ1v) is 7.30. The Kier molecular flexibility index (Phi) is 4.48. The van der Waals surface area contributed by atoms with Gasteiger partial charge < -0.3 is 19.5 Å². The predicted molar refractivity (Wildman–Crippen MR) is 85.7 cm³/mol. The number of esters is 1. The van der Waals surface area contributed by atoms with E-state index in [1.165, 1.54) is 13.4 Å². The number of hydrogen-bond donors (Lipinski definition) is 1. The van der Waals surface area contributed by atoms with Crippen LogP contribution in [-0.4, -0.2) is 48.7 Å². The van der Waals surface area contributed by atoms with E-state index in [1.807, 2.05) is 24.3 Å². The minimum Gasteiger partial charge on any atom is -0.497 e. The topological polar surface area (TPSA) is 87.5 Å². The third-order valence-corrected chi connectivity index (χ3v) is 3.80. The molecule has 3 rings (SSSR count). The van der Waals surface area contributed by atoms with E-state index in [0.717, 1.165) is 11.3 Å². The van der Waals surface area contributed by atoms with Crippen LogP contribution in [0.25, 0.3) is 0 Å². The van der Waals surface area contributed by atoms with E-state index in [-0.39, 0.29) is 6.61 Å². The molecule has 1 aliphatic rings. The average Bonchev–Trinajstić information content (AvgIpc) is 3.08. The first-order valence-electron chi connectivity index (χ1n) is 7.30. The summed E-state index contributed by atoms with van der Waals surface area (Å²) in [6, 6.07) is 6.96. The van der Waals surface area contributed by atoms with E-state index in [9.17, 15) is 4.79 Å². The monoisotopic (exact) mass is 330 g/mol. The Labute approximate surface area is 139 Å². The quantitative estimate of drug-likeness (QED) is 0.829. The number of hydrogen-bond acceptors (Lipinski definition) is 7. The first kappa shape index (κ1) is 16.0. The molecule has 1 atom stereocenters. The molecule has 2 aromatic rings. The highest BCUT2D eigenvalue weighted by molar-refractivity contribution is 5.92. The van der Waals surface area contributed by atoms with Gasteiger partial charge >= 0.3 is 5.97 Å². The van der Waals surface area contributed by atoms with Crippen molar-refractivity contribution in [2.45, 2.75) is 6.04 Å². The summed E-state index contributed by atoms with van der Waals surface area (Å²) in [6.45, 7) is 0.226. The maximum atomic E-state index is 12.4. The van der Waals surface area contributed by atoms with Gasteiger partial charge in [0.2, 0.25) is 5.95 Å². The number of benzene rings is 1. The maximum absolute atomic E-state index is 12.4. The normalized spacial score (nSPS) is 16.4. The van der Waals surface area contributed by atoms with Gasteiger partial charge in [0, 0.05) is 7.11 Å². The summed E-state index contributed by atoms with van der Waals surface area (Å²) in [5.74, 6) is 0.819. The molecule has 0 saturated heterocycles. The molecule has 0 amide bonds. The molecule has 0 unspecified atom stereocenters. The van der Waals surface area contributed by atoms with Crippen LogP contribution in [0.3, 0.4) is 0 Å². The third kappa shape index (κ3) is 2.71. The second-order valence-electron chi connectivity index (χ2n) is 5.15. The van der Waals surface area contributed by atoms with Gasteiger partial charge in [-0.2, -0.15) is 10.1 Å². The second-order valence-corrected chi connectivity index (χ2v) is 5.15. The molecule has 1 aliphatic heterocycles. The number of nitrogens with one attached hydrogen (secondary N) is 1. The lowest BCUT2D eigenvalue weighted by Crippen LogP contribution is -2.31. The summed E-state index contributed by atoms with van der Waals surface area (Å²) < 4.78 is 17.0. The Balaban J connectivity index is 2.15. The zero-order valence-corrected chi connectivity index (χ0v) is 13.6. The Morgan fingerprint density at radius 3 is 2.62 bits per heavy atom. The van der Waals surface area contributed by atoms with Gasteiger partial charge in [-0.05, 0) is 17.7 Å². The van der Waals surface area contributed by atoms with Gasteiger partial charge in [-0.3, -0.25) is 0 Å². The van der Waals surface area contributed by atoms with Crippen molar-refractivity contribution in [3.8, 4) is 5.75 Å². The maximum Gasteiger partial charge on any atom is 0.338 e. The molecule has 24 heavy (non-hydrogen) atoms. The van der Waals surface area contributed by atoms with Crippen LogP contribution in [0.2, 0.25) is 0 Å². The Bertz CT molecular complexity index is 767. The second kappa shape index (κ2) is 6.71. The summed E-state index contributed by atoms with van der Waals surface area (Å²) in [5, 5.41) is 7.33. The average molecular weight is 330 g/mol. The van der Waals surface area contributed by atoms with E-state index in [4.69, 9.17) is 14.2 Å². The van der Waals surface area contributed by atoms with Gasteiger partial charge in [0.15, 0.2) is 0 Å². The molecule has 8 heteroatoms. The Hall–Kier alpha value is -2.87. The molecule has 1 N–H and O–H groups in total. The Morgan fingerprint density at radius 2 is 2.00 bits per heavy atom. The van der Waals surface area contributed by atoms with Gasteiger partial charge in [-0.1, -0.05) is 12.1 Å². The number of rotatable bonds is 5. The molecule has 1 aromatic heterocycles. The van der Waals surface area contributed by atoms with E-state index >= 15 is 0 Å². The number of fused-ring (bicyclic) bond motifs is 1. The van der Waals surface area contributed by atoms with Crippen LogP contribution in [0.4, 0.5) is 5.95 Å². The smallest absolute Gasteiger partial charge is 0.338 e. The van der Waals surface area contributed by atoms with Gasteiger partial charge in [-0.15, -0.1) is 0 Å². The van der Waals surface area contributed by atoms with E-state index in [2.05, 4.69) is 15.4 Å². The van der Waals surface area contributed by atoms with Gasteiger partial charge in [0.1, 0.15) is 18.1 Å². The zero-order chi connectivity index (χ0) is 17.1. The number of carbonyl (C=O) groups excluding carboxylic acids is 1. The first-order chi connectivity index (χ1) is 11.7. The molecule has 126 valence electrons. The highest BCUT2D eigenvalue weighted by Crippen LogP contribution is 2.35. The fourth-order valence-corrected chi connectivity index (χ4v) is 2.72. The molecule has 0 saturated carbocycles. The van der Waals surface area contributed by atoms with Crippen LogP contribution < -0.4 is 10.1 Å². The van der Waals surface area contributed by atoms with Crippen molar-refractivity contribution in [2.75, 3.05) is 33.3 Å². The lowest BCUT2D eigenvalue weighted by Gasteiger charge is -2.29. The summed E-state index contributed by atoms with van der Waals surface area (Å²) in [4.78, 5) is 16.6. The van der Waals surface area contributed by atoms with Crippen molar-refractivity contribution in [3.63, 3.8) is 0 Å². The molecule has 0 bridgehead atoms. The van der Waals surface area contributed by atoms with Crippen molar-refractivity contribution in [2.24, 2.45) is 0 Å². The zero-order valence-electron chi connectivity index (χ0n) is 13.6. The summed E-state index contributed by atoms with van der Waals surface area (Å²) >= 11 is 0. The minimum absolute atomic E-state index is 0.226. The highest BCUT2D eigenvalue weighted by atomic mass is 16.5. The van der Waals surface area contributed by atoms with Crippen LogP contribution >= 0.6 is 0 Å². The van der Waals surface area contributed by atoms with E-state index < -0.39 is 12.0 Å². The van der Waals surface area contributed by atoms with Crippen LogP contribution in [-0.2, 0) is 14.3 Å². The minimum atomic E-state index is -0.466. The molecule has 0 radical (unpaired) electrons. The van der Waals surface area contributed by atoms with E-state index in [1.54, 1.807) is 18.9 Å². The predicted octanol–water partition coefficient (Wildman–Crippen LogP) is 1.38. The standard InChI is InChI=1S/C16H18N4O4/c1-22-8-12-13(15(21)24-3)14(20-16(19-12)17-9-18-20)10-4-6-11(23-2)7-5-10/h4-7,9,14H,8H2,1-3H3,(H,17,18,19)/t14-/m0/s1. The van der Waals surface area contributed by atoms with Crippen LogP contribution in [0, 0.1) is 0 Å². The molecule has 2 heterocycles. The molecule has 1 aromatic carbocycles. The number of methoxy groups -OCH3 is 3. The van der Waals surface area contributed by atoms with Crippen molar-refractivity contribution in [1.29, 1.82) is 0 Å². The third-order valence-electron chi connectivity index (χ3n) is 3.80. The lowest BCUT2D eigenvalue weighted by atomic mass is 9.95. The SMILES string of the molecule is COCC1=C(C(=O)OC)[C@H](c2ccc(OC)cc2)n2ncnc2N1. The largest absolute Gasteiger partial charge is 0.497 e. The molecular weight excluding hydrogens is 312 g/mol. The summed E-state index contributed by atoms with van der Waals surface area (Å²) in [5.41, 5.74) is 1.89. The van der Waals surface area contributed by atoms with Crippen LogP contribution in [0.5, 0.6) is 5.75 Å². The van der Waals surface area contributed by atoms with Crippen molar-refractivity contribution in [3.05, 3.63) is 47.4 Å². The number of carbonyl (C=O) groups is 1. The van der Waals surface area contributed by atoms with Crippen molar-refractivity contribution in [1.82, 2.24) is 14.8 Å². The number of anilines is 1. The van der Waals surface area contributed by atoms with E-state index in [0.29, 0.717) is 17.2 Å². The number of ether oxygens (including phenoxy) is 3. The van der Waals surface area contributed by atoms with Crippen molar-refractivity contribution >= 4 is 11.9 Å². The van der Waals surface area contributed by atoms with Gasteiger partial charge in [-0.25, -0.2) is 9.48 Å². The molecule has 0 spiro atoms. The lowest BCUT2D eigenvalue weighted by molar-refractivity contribution is -0.136. The molecule has 8 nitrogen and oxygen atoms in total. The van der Waals surface area contributed by atoms with Crippen LogP contribution in [0.15, 0.2) is 41.9 Å². The van der Waals surface area contributed by atoms with Gasteiger partial charge in [0.05, 0.1) is 32.1 Å². The molecule has 0 fully saturated rings. The van der Waals surface area contributed by atoms with Crippen molar-refractivity contribution < 1.29 is 19.0 Å². The number of nitrogens with zero attached hydrogens (tertiary/aromatic N) is 3. The Morgan fingerprint density at radius 1 is 1.25 bits per heavy atom. The molecular formula is C16H18N4O4. The summed E-state index contributed by atoms with van der Waals surface area (Å²) in [6.07, 6.45) is 1.43. The van der Waals surface area contributed by atoms with Gasteiger partial charge in [0.25, 0.3) is 0 Å². The fourth-order valence-electron chi connectivity index (χ4n) is 2.72. The van der Waals surface area contributed by atoms with Crippen LogP contribution in [0.1, 0.15) is 11.6 Å². The summed E-state index contributed by atoms with van der Waals surface area (Å²) in [7, 11) is 4.51. The highest BCUT2D eigenvalue weighted by Gasteiger charge is 2.35.